The summed E-state index contributed by atoms with van der Waals surface area (Å²) in [6, 6.07) is 9.35. The van der Waals surface area contributed by atoms with E-state index in [1.807, 2.05) is 24.3 Å². The van der Waals surface area contributed by atoms with Crippen LogP contribution < -0.4 is 15.6 Å². The summed E-state index contributed by atoms with van der Waals surface area (Å²) in [5.41, 5.74) is 3.00. The van der Waals surface area contributed by atoms with Crippen molar-refractivity contribution in [3.63, 3.8) is 0 Å². The number of nitrogens with one attached hydrogen (secondary N) is 2. The van der Waals surface area contributed by atoms with E-state index >= 15 is 0 Å². The predicted molar refractivity (Wildman–Crippen MR) is 117 cm³/mol. The first-order valence-electron chi connectivity index (χ1n) is 9.98. The topological polar surface area (TPSA) is 110 Å². The number of aromatic amines is 1. The van der Waals surface area contributed by atoms with Crippen molar-refractivity contribution in [3.05, 3.63) is 64.0 Å². The van der Waals surface area contributed by atoms with E-state index in [1.165, 1.54) is 0 Å². The number of nitrogens with zero attached hydrogens (tertiary/aromatic N) is 4. The van der Waals surface area contributed by atoms with Gasteiger partial charge in [0.15, 0.2) is 0 Å². The molecule has 1 aromatic carbocycles. The number of H-pyrrole nitrogens is 1. The van der Waals surface area contributed by atoms with Crippen LogP contribution in [-0.2, 0) is 6.42 Å². The normalized spacial score (nSPS) is 14.5. The van der Waals surface area contributed by atoms with Gasteiger partial charge in [0.2, 0.25) is 5.89 Å². The van der Waals surface area contributed by atoms with Gasteiger partial charge in [-0.1, -0.05) is 12.1 Å². The predicted octanol–water partition coefficient (Wildman–Crippen LogP) is 2.56. The largest absolute Gasteiger partial charge is 0.497 e. The summed E-state index contributed by atoms with van der Waals surface area (Å²) in [5.74, 6) is 1.92. The lowest BCUT2D eigenvalue weighted by atomic mass is 9.94. The van der Waals surface area contributed by atoms with Gasteiger partial charge < -0.3 is 19.5 Å². The van der Waals surface area contributed by atoms with Crippen LogP contribution in [-0.4, -0.2) is 45.0 Å². The highest BCUT2D eigenvalue weighted by molar-refractivity contribution is 5.85. The average molecular weight is 443 g/mol. The van der Waals surface area contributed by atoms with Gasteiger partial charge in [-0.15, -0.1) is 22.6 Å². The fourth-order valence-electron chi connectivity index (χ4n) is 3.93. The van der Waals surface area contributed by atoms with Crippen molar-refractivity contribution in [2.45, 2.75) is 25.2 Å². The first-order valence-corrected chi connectivity index (χ1v) is 9.98. The molecule has 0 spiro atoms. The Morgan fingerprint density at radius 1 is 1.19 bits per heavy atom. The summed E-state index contributed by atoms with van der Waals surface area (Å²) < 4.78 is 12.9. The Labute approximate surface area is 184 Å². The van der Waals surface area contributed by atoms with Crippen LogP contribution in [0.5, 0.6) is 5.75 Å². The zero-order valence-corrected chi connectivity index (χ0v) is 17.8. The number of hydrogen-bond acceptors (Lipinski definition) is 7. The summed E-state index contributed by atoms with van der Waals surface area (Å²) in [6.07, 6.45) is 4.12. The summed E-state index contributed by atoms with van der Waals surface area (Å²) in [4.78, 5) is 15.2. The molecule has 0 amide bonds. The molecule has 10 heteroatoms. The van der Waals surface area contributed by atoms with Gasteiger partial charge in [0.05, 0.1) is 25.4 Å². The van der Waals surface area contributed by atoms with Crippen molar-refractivity contribution in [2.24, 2.45) is 0 Å². The number of benzene rings is 1. The Hall–Kier alpha value is -3.17. The second kappa shape index (κ2) is 8.91. The number of piperidine rings is 1. The molecule has 31 heavy (non-hydrogen) atoms. The zero-order chi connectivity index (χ0) is 20.5. The molecule has 9 nitrogen and oxygen atoms in total. The van der Waals surface area contributed by atoms with Crippen molar-refractivity contribution in [3.8, 4) is 17.2 Å². The number of methoxy groups -OCH3 is 1. The maximum absolute atomic E-state index is 12.3. The van der Waals surface area contributed by atoms with Gasteiger partial charge in [0, 0.05) is 12.0 Å². The first-order chi connectivity index (χ1) is 14.7. The second-order valence-corrected chi connectivity index (χ2v) is 7.43. The third-order valence-electron chi connectivity index (χ3n) is 5.50. The van der Waals surface area contributed by atoms with Crippen LogP contribution in [0.25, 0.3) is 17.1 Å². The Balaban J connectivity index is 0.00000231. The van der Waals surface area contributed by atoms with Crippen LogP contribution in [0.1, 0.15) is 35.9 Å². The van der Waals surface area contributed by atoms with Crippen LogP contribution in [0.2, 0.25) is 0 Å². The molecule has 0 atom stereocenters. The number of fused-ring (bicyclic) bond motifs is 1. The standard InChI is InChI=1S/C21H22N6O3.ClH/c1-29-15-4-2-13(3-5-15)10-19-25-26-21(30-19)16-12-23-27-17(11-18(28)24-20(16)27)14-6-8-22-9-7-14;/h2-5,11-12,14,22H,6-10H2,1H3,(H,24,28);1H. The number of rotatable bonds is 5. The quantitative estimate of drug-likeness (QED) is 0.488. The molecular formula is C21H23ClN6O3. The van der Waals surface area contributed by atoms with Gasteiger partial charge in [0.25, 0.3) is 11.4 Å². The molecule has 3 aromatic heterocycles. The van der Waals surface area contributed by atoms with E-state index in [1.54, 1.807) is 23.9 Å². The molecule has 1 aliphatic rings. The zero-order valence-electron chi connectivity index (χ0n) is 17.0. The lowest BCUT2D eigenvalue weighted by molar-refractivity contribution is 0.414. The number of halogens is 1. The highest BCUT2D eigenvalue weighted by atomic mass is 35.5. The summed E-state index contributed by atoms with van der Waals surface area (Å²) in [6.45, 7) is 1.87. The minimum Gasteiger partial charge on any atom is -0.497 e. The van der Waals surface area contributed by atoms with Crippen LogP contribution in [0.4, 0.5) is 0 Å². The highest BCUT2D eigenvalue weighted by Gasteiger charge is 2.22. The van der Waals surface area contributed by atoms with Gasteiger partial charge in [0.1, 0.15) is 17.0 Å². The maximum atomic E-state index is 12.3. The number of aromatic nitrogens is 5. The molecule has 2 N–H and O–H groups in total. The molecule has 1 aliphatic heterocycles. The van der Waals surface area contributed by atoms with E-state index in [0.717, 1.165) is 42.9 Å². The second-order valence-electron chi connectivity index (χ2n) is 7.43. The lowest BCUT2D eigenvalue weighted by Gasteiger charge is -2.23. The van der Waals surface area contributed by atoms with Gasteiger partial charge >= 0.3 is 0 Å². The maximum Gasteiger partial charge on any atom is 0.253 e. The Kier molecular flexibility index (Phi) is 6.06. The molecule has 162 valence electrons. The fourth-order valence-corrected chi connectivity index (χ4v) is 3.93. The molecule has 4 heterocycles. The number of ether oxygens (including phenoxy) is 1. The molecule has 5 rings (SSSR count). The monoisotopic (exact) mass is 442 g/mol. The summed E-state index contributed by atoms with van der Waals surface area (Å²) >= 11 is 0. The molecule has 0 radical (unpaired) electrons. The highest BCUT2D eigenvalue weighted by Crippen LogP contribution is 2.28. The van der Waals surface area contributed by atoms with Gasteiger partial charge in [-0.05, 0) is 43.6 Å². The Morgan fingerprint density at radius 3 is 2.71 bits per heavy atom. The average Bonchev–Trinajstić information content (AvgIpc) is 3.41. The van der Waals surface area contributed by atoms with E-state index in [9.17, 15) is 4.79 Å². The molecule has 0 aliphatic carbocycles. The van der Waals surface area contributed by atoms with Crippen molar-refractivity contribution < 1.29 is 9.15 Å². The third-order valence-corrected chi connectivity index (χ3v) is 5.50. The molecule has 0 bridgehead atoms. The van der Waals surface area contributed by atoms with Crippen molar-refractivity contribution in [1.29, 1.82) is 0 Å². The summed E-state index contributed by atoms with van der Waals surface area (Å²) in [7, 11) is 1.64. The minimum absolute atomic E-state index is 0. The Morgan fingerprint density at radius 2 is 1.97 bits per heavy atom. The molecule has 4 aromatic rings. The van der Waals surface area contributed by atoms with Crippen LogP contribution in [0.15, 0.2) is 45.7 Å². The fraction of sp³-hybridized carbons (Fsp3) is 0.333. The van der Waals surface area contributed by atoms with Crippen molar-refractivity contribution in [1.82, 2.24) is 30.1 Å². The number of hydrogen-bond donors (Lipinski definition) is 2. The van der Waals surface area contributed by atoms with Crippen LogP contribution >= 0.6 is 12.4 Å². The van der Waals surface area contributed by atoms with Crippen molar-refractivity contribution in [2.75, 3.05) is 20.2 Å². The molecule has 1 fully saturated rings. The summed E-state index contributed by atoms with van der Waals surface area (Å²) in [5, 5.41) is 16.2. The van der Waals surface area contributed by atoms with E-state index in [-0.39, 0.29) is 23.9 Å². The van der Waals surface area contributed by atoms with Crippen LogP contribution in [0, 0.1) is 0 Å². The first kappa shape index (κ1) is 21.1. The molecule has 1 saturated heterocycles. The smallest absolute Gasteiger partial charge is 0.253 e. The van der Waals surface area contributed by atoms with Gasteiger partial charge in [-0.25, -0.2) is 4.52 Å². The molecule has 0 saturated carbocycles. The lowest BCUT2D eigenvalue weighted by Crippen LogP contribution is -2.28. The van der Waals surface area contributed by atoms with E-state index in [0.29, 0.717) is 29.4 Å². The van der Waals surface area contributed by atoms with E-state index in [2.05, 4.69) is 25.6 Å². The molecule has 0 unspecified atom stereocenters. The Bertz CT molecular complexity index is 1220. The van der Waals surface area contributed by atoms with Crippen LogP contribution in [0.3, 0.4) is 0 Å². The minimum atomic E-state index is -0.157. The van der Waals surface area contributed by atoms with E-state index in [4.69, 9.17) is 9.15 Å². The SMILES string of the molecule is COc1ccc(Cc2nnc(-c3cnn4c(C5CCNCC5)cc(=O)[nH]c34)o2)cc1.Cl. The third kappa shape index (κ3) is 4.19. The van der Waals surface area contributed by atoms with Gasteiger partial charge in [-0.3, -0.25) is 4.79 Å². The molecular weight excluding hydrogens is 420 g/mol. The van der Waals surface area contributed by atoms with Gasteiger partial charge in [-0.2, -0.15) is 5.10 Å². The van der Waals surface area contributed by atoms with E-state index < -0.39 is 0 Å². The van der Waals surface area contributed by atoms with Crippen molar-refractivity contribution >= 4 is 18.1 Å².